The lowest BCUT2D eigenvalue weighted by atomic mass is 10.0. The molecule has 0 atom stereocenters. The molecule has 0 saturated carbocycles. The summed E-state index contributed by atoms with van der Waals surface area (Å²) in [7, 11) is 4.12. The van der Waals surface area contributed by atoms with Crippen LogP contribution in [0.4, 0.5) is 5.69 Å². The smallest absolute Gasteiger partial charge is 0.191 e. The van der Waals surface area contributed by atoms with Gasteiger partial charge in [-0.3, -0.25) is 4.90 Å². The minimum absolute atomic E-state index is 0.482. The van der Waals surface area contributed by atoms with Crippen LogP contribution in [-0.2, 0) is 13.1 Å². The summed E-state index contributed by atoms with van der Waals surface area (Å²) >= 11 is 0. The SMILES string of the molecule is CCNC(=NCc1ccc(N(C)C)cc1)NC1CCN(Cc2ccccc2)CC1. The highest BCUT2D eigenvalue weighted by atomic mass is 15.2. The third-order valence-corrected chi connectivity index (χ3v) is 5.39. The van der Waals surface area contributed by atoms with E-state index in [2.05, 4.69) is 96.0 Å². The molecule has 1 saturated heterocycles. The zero-order valence-electron chi connectivity index (χ0n) is 18.1. The Balaban J connectivity index is 1.49. The fraction of sp³-hybridized carbons (Fsp3) is 0.458. The molecule has 1 aliphatic rings. The highest BCUT2D eigenvalue weighted by Crippen LogP contribution is 2.15. The van der Waals surface area contributed by atoms with Crippen LogP contribution in [-0.4, -0.2) is 50.6 Å². The Morgan fingerprint density at radius 1 is 1.00 bits per heavy atom. The molecule has 0 unspecified atom stereocenters. The zero-order chi connectivity index (χ0) is 20.5. The lowest BCUT2D eigenvalue weighted by molar-refractivity contribution is 0.198. The zero-order valence-corrected chi connectivity index (χ0v) is 18.1. The van der Waals surface area contributed by atoms with Crippen molar-refractivity contribution in [1.82, 2.24) is 15.5 Å². The van der Waals surface area contributed by atoms with E-state index in [1.54, 1.807) is 0 Å². The van der Waals surface area contributed by atoms with Gasteiger partial charge < -0.3 is 15.5 Å². The Bertz CT molecular complexity index is 747. The van der Waals surface area contributed by atoms with Gasteiger partial charge in [0.15, 0.2) is 5.96 Å². The highest BCUT2D eigenvalue weighted by molar-refractivity contribution is 5.80. The Morgan fingerprint density at radius 3 is 2.31 bits per heavy atom. The van der Waals surface area contributed by atoms with E-state index in [4.69, 9.17) is 4.99 Å². The normalized spacial score (nSPS) is 15.9. The Hall–Kier alpha value is -2.53. The van der Waals surface area contributed by atoms with Crippen molar-refractivity contribution < 1.29 is 0 Å². The molecule has 156 valence electrons. The predicted octanol–water partition coefficient (Wildman–Crippen LogP) is 3.47. The lowest BCUT2D eigenvalue weighted by Crippen LogP contribution is -2.48. The number of anilines is 1. The van der Waals surface area contributed by atoms with Gasteiger partial charge >= 0.3 is 0 Å². The Morgan fingerprint density at radius 2 is 1.69 bits per heavy atom. The average molecular weight is 394 g/mol. The number of nitrogens with one attached hydrogen (secondary N) is 2. The van der Waals surface area contributed by atoms with Crippen LogP contribution in [0.3, 0.4) is 0 Å². The van der Waals surface area contributed by atoms with Crippen molar-refractivity contribution in [3.8, 4) is 0 Å². The molecule has 0 bridgehead atoms. The van der Waals surface area contributed by atoms with Gasteiger partial charge in [0.25, 0.3) is 0 Å². The van der Waals surface area contributed by atoms with Crippen LogP contribution in [0.25, 0.3) is 0 Å². The van der Waals surface area contributed by atoms with Gasteiger partial charge in [-0.15, -0.1) is 0 Å². The number of benzene rings is 2. The van der Waals surface area contributed by atoms with Crippen molar-refractivity contribution in [1.29, 1.82) is 0 Å². The van der Waals surface area contributed by atoms with E-state index in [1.165, 1.54) is 16.8 Å². The summed E-state index contributed by atoms with van der Waals surface area (Å²) in [4.78, 5) is 9.47. The number of guanidine groups is 1. The molecule has 0 radical (unpaired) electrons. The summed E-state index contributed by atoms with van der Waals surface area (Å²) in [6.45, 7) is 6.97. The molecule has 2 aromatic rings. The largest absolute Gasteiger partial charge is 0.378 e. The topological polar surface area (TPSA) is 42.9 Å². The monoisotopic (exact) mass is 393 g/mol. The van der Waals surface area contributed by atoms with Crippen LogP contribution in [0.15, 0.2) is 59.6 Å². The van der Waals surface area contributed by atoms with Crippen molar-refractivity contribution in [3.05, 3.63) is 65.7 Å². The van der Waals surface area contributed by atoms with E-state index in [1.807, 2.05) is 0 Å². The van der Waals surface area contributed by atoms with Crippen molar-refractivity contribution in [2.24, 2.45) is 4.99 Å². The standard InChI is InChI=1S/C24H35N5/c1-4-25-24(26-18-20-10-12-23(13-11-20)28(2)3)27-22-14-16-29(17-15-22)19-21-8-6-5-7-9-21/h5-13,22H,4,14-19H2,1-3H3,(H2,25,26,27). The van der Waals surface area contributed by atoms with E-state index < -0.39 is 0 Å². The third kappa shape index (κ3) is 6.79. The van der Waals surface area contributed by atoms with E-state index in [0.29, 0.717) is 12.6 Å². The Kier molecular flexibility index (Phi) is 7.94. The Labute approximate surface area is 175 Å². The highest BCUT2D eigenvalue weighted by Gasteiger charge is 2.20. The molecule has 1 fully saturated rings. The quantitative estimate of drug-likeness (QED) is 0.558. The number of likely N-dealkylation sites (tertiary alicyclic amines) is 1. The fourth-order valence-electron chi connectivity index (χ4n) is 3.66. The van der Waals surface area contributed by atoms with Gasteiger partial charge in [-0.1, -0.05) is 42.5 Å². The summed E-state index contributed by atoms with van der Waals surface area (Å²) in [5.74, 6) is 0.922. The van der Waals surface area contributed by atoms with Crippen LogP contribution in [0.1, 0.15) is 30.9 Å². The predicted molar refractivity (Wildman–Crippen MR) is 123 cm³/mol. The van der Waals surface area contributed by atoms with E-state index >= 15 is 0 Å². The molecule has 0 aromatic heterocycles. The van der Waals surface area contributed by atoms with Crippen molar-refractivity contribution >= 4 is 11.6 Å². The first-order chi connectivity index (χ1) is 14.1. The minimum Gasteiger partial charge on any atom is -0.378 e. The van der Waals surface area contributed by atoms with Crippen LogP contribution < -0.4 is 15.5 Å². The first-order valence-electron chi connectivity index (χ1n) is 10.7. The van der Waals surface area contributed by atoms with Crippen LogP contribution in [0.5, 0.6) is 0 Å². The van der Waals surface area contributed by atoms with Gasteiger partial charge in [0.1, 0.15) is 0 Å². The van der Waals surface area contributed by atoms with E-state index in [-0.39, 0.29) is 0 Å². The maximum absolute atomic E-state index is 4.81. The second-order valence-electron chi connectivity index (χ2n) is 7.94. The lowest BCUT2D eigenvalue weighted by Gasteiger charge is -2.33. The molecule has 0 aliphatic carbocycles. The second-order valence-corrected chi connectivity index (χ2v) is 7.94. The number of aliphatic imine (C=N–C) groups is 1. The molecule has 2 aromatic carbocycles. The van der Waals surface area contributed by atoms with Gasteiger partial charge in [0.2, 0.25) is 0 Å². The molecular weight excluding hydrogens is 358 g/mol. The van der Waals surface area contributed by atoms with Gasteiger partial charge in [0.05, 0.1) is 6.54 Å². The van der Waals surface area contributed by atoms with Crippen LogP contribution >= 0.6 is 0 Å². The van der Waals surface area contributed by atoms with Gasteiger partial charge in [-0.05, 0) is 43.0 Å². The van der Waals surface area contributed by atoms with Gasteiger partial charge in [0, 0.05) is 52.0 Å². The van der Waals surface area contributed by atoms with Crippen LogP contribution in [0, 0.1) is 0 Å². The molecular formula is C24H35N5. The summed E-state index contributed by atoms with van der Waals surface area (Å²) in [5.41, 5.74) is 3.84. The first kappa shape index (κ1) is 21.2. The van der Waals surface area contributed by atoms with Crippen LogP contribution in [0.2, 0.25) is 0 Å². The van der Waals surface area contributed by atoms with Crippen molar-refractivity contribution in [2.45, 2.75) is 38.9 Å². The van der Waals surface area contributed by atoms with Gasteiger partial charge in [-0.25, -0.2) is 4.99 Å². The average Bonchev–Trinajstić information content (AvgIpc) is 2.74. The van der Waals surface area contributed by atoms with Gasteiger partial charge in [-0.2, -0.15) is 0 Å². The first-order valence-corrected chi connectivity index (χ1v) is 10.7. The van der Waals surface area contributed by atoms with E-state index in [9.17, 15) is 0 Å². The summed E-state index contributed by atoms with van der Waals surface area (Å²) < 4.78 is 0. The molecule has 0 spiro atoms. The molecule has 1 aliphatic heterocycles. The maximum atomic E-state index is 4.81. The summed E-state index contributed by atoms with van der Waals surface area (Å²) in [6, 6.07) is 19.8. The summed E-state index contributed by atoms with van der Waals surface area (Å²) in [5, 5.41) is 7.04. The molecule has 3 rings (SSSR count). The number of nitrogens with zero attached hydrogens (tertiary/aromatic N) is 3. The molecule has 2 N–H and O–H groups in total. The van der Waals surface area contributed by atoms with E-state index in [0.717, 1.165) is 45.0 Å². The molecule has 29 heavy (non-hydrogen) atoms. The minimum atomic E-state index is 0.482. The molecule has 0 amide bonds. The second kappa shape index (κ2) is 10.9. The third-order valence-electron chi connectivity index (χ3n) is 5.39. The fourth-order valence-corrected chi connectivity index (χ4v) is 3.66. The molecule has 5 heteroatoms. The molecule has 1 heterocycles. The number of piperidine rings is 1. The number of hydrogen-bond acceptors (Lipinski definition) is 3. The number of hydrogen-bond donors (Lipinski definition) is 2. The molecule has 5 nitrogen and oxygen atoms in total. The number of rotatable bonds is 7. The van der Waals surface area contributed by atoms with Crippen molar-refractivity contribution in [2.75, 3.05) is 38.6 Å². The van der Waals surface area contributed by atoms with Crippen molar-refractivity contribution in [3.63, 3.8) is 0 Å². The maximum Gasteiger partial charge on any atom is 0.191 e. The summed E-state index contributed by atoms with van der Waals surface area (Å²) in [6.07, 6.45) is 2.30.